The summed E-state index contributed by atoms with van der Waals surface area (Å²) in [7, 11) is 1.62. The summed E-state index contributed by atoms with van der Waals surface area (Å²) in [5, 5.41) is 12.1. The highest BCUT2D eigenvalue weighted by Gasteiger charge is 2.14. The Morgan fingerprint density at radius 2 is 1.93 bits per heavy atom. The number of aryl methyl sites for hydroxylation is 1. The largest absolute Gasteiger partial charge is 0.497 e. The zero-order chi connectivity index (χ0) is 19.7. The highest BCUT2D eigenvalue weighted by molar-refractivity contribution is 5.88. The Kier molecular flexibility index (Phi) is 4.36. The molecule has 0 fully saturated rings. The van der Waals surface area contributed by atoms with Gasteiger partial charge in [0, 0.05) is 24.1 Å². The molecule has 1 aromatic carbocycles. The Hall–Kier alpha value is -3.94. The van der Waals surface area contributed by atoms with Gasteiger partial charge in [-0.2, -0.15) is 0 Å². The van der Waals surface area contributed by atoms with Crippen molar-refractivity contribution in [2.45, 2.75) is 6.92 Å². The van der Waals surface area contributed by atoms with E-state index < -0.39 is 5.97 Å². The minimum absolute atomic E-state index is 0.219. The molecule has 0 unspecified atom stereocenters. The van der Waals surface area contributed by atoms with Crippen molar-refractivity contribution in [3.8, 4) is 17.1 Å². The lowest BCUT2D eigenvalue weighted by Crippen LogP contribution is -2.00. The Labute approximate surface area is 160 Å². The molecule has 140 valence electrons. The van der Waals surface area contributed by atoms with E-state index in [-0.39, 0.29) is 5.56 Å². The Morgan fingerprint density at radius 3 is 2.64 bits per heavy atom. The highest BCUT2D eigenvalue weighted by Crippen LogP contribution is 2.26. The fourth-order valence-electron chi connectivity index (χ4n) is 2.96. The number of methoxy groups -OCH3 is 1. The molecule has 2 N–H and O–H groups in total. The van der Waals surface area contributed by atoms with Crippen molar-refractivity contribution in [3.63, 3.8) is 0 Å². The first-order valence-electron chi connectivity index (χ1n) is 8.51. The third-order valence-corrected chi connectivity index (χ3v) is 4.29. The summed E-state index contributed by atoms with van der Waals surface area (Å²) in [5.74, 6) is 0.173. The van der Waals surface area contributed by atoms with Crippen LogP contribution in [0.2, 0.25) is 0 Å². The van der Waals surface area contributed by atoms with Gasteiger partial charge in [0.2, 0.25) is 5.95 Å². The number of aromatic carboxylic acids is 1. The van der Waals surface area contributed by atoms with Gasteiger partial charge in [0.05, 0.1) is 29.8 Å². The number of imidazole rings is 1. The Balaban J connectivity index is 1.68. The van der Waals surface area contributed by atoms with Crippen molar-refractivity contribution in [1.29, 1.82) is 0 Å². The molecule has 8 nitrogen and oxygen atoms in total. The summed E-state index contributed by atoms with van der Waals surface area (Å²) in [6, 6.07) is 11.9. The van der Waals surface area contributed by atoms with Crippen molar-refractivity contribution in [1.82, 2.24) is 19.4 Å². The molecule has 3 heterocycles. The van der Waals surface area contributed by atoms with E-state index in [4.69, 9.17) is 9.84 Å². The number of carbonyl (C=O) groups is 1. The van der Waals surface area contributed by atoms with Gasteiger partial charge in [-0.3, -0.25) is 4.40 Å². The van der Waals surface area contributed by atoms with Gasteiger partial charge in [-0.15, -0.1) is 0 Å². The molecular formula is C20H17N5O3. The van der Waals surface area contributed by atoms with Crippen molar-refractivity contribution in [2.75, 3.05) is 12.4 Å². The lowest BCUT2D eigenvalue weighted by molar-refractivity contribution is 0.0697. The summed E-state index contributed by atoms with van der Waals surface area (Å²) in [5.41, 5.74) is 4.10. The van der Waals surface area contributed by atoms with Gasteiger partial charge in [-0.1, -0.05) is 0 Å². The Bertz CT molecular complexity index is 1170. The number of nitrogens with one attached hydrogen (secondary N) is 1. The number of aromatic nitrogens is 4. The number of pyridine rings is 1. The van der Waals surface area contributed by atoms with Crippen LogP contribution < -0.4 is 10.1 Å². The lowest BCUT2D eigenvalue weighted by atomic mass is 10.2. The topological polar surface area (TPSA) is 102 Å². The van der Waals surface area contributed by atoms with Gasteiger partial charge in [-0.05, 0) is 43.3 Å². The highest BCUT2D eigenvalue weighted by atomic mass is 16.5. The molecular weight excluding hydrogens is 358 g/mol. The van der Waals surface area contributed by atoms with Gasteiger partial charge < -0.3 is 15.2 Å². The van der Waals surface area contributed by atoms with Crippen molar-refractivity contribution < 1.29 is 14.6 Å². The summed E-state index contributed by atoms with van der Waals surface area (Å²) in [4.78, 5) is 24.4. The standard InChI is InChI=1S/C20H17N5O3/c1-12-18(25-10-8-15(28-2)11-17(25)22-12)16-7-9-21-20(24-16)23-14-5-3-13(4-6-14)19(26)27/h3-11H,1-2H3,(H,26,27)(H,21,23,24). The molecule has 0 atom stereocenters. The van der Waals surface area contributed by atoms with Crippen LogP contribution in [0.15, 0.2) is 54.9 Å². The predicted octanol–water partition coefficient (Wildman–Crippen LogP) is 3.55. The maximum atomic E-state index is 11.0. The molecule has 8 heteroatoms. The third-order valence-electron chi connectivity index (χ3n) is 4.29. The van der Waals surface area contributed by atoms with Gasteiger partial charge in [0.25, 0.3) is 0 Å². The van der Waals surface area contributed by atoms with Crippen LogP contribution in [0, 0.1) is 6.92 Å². The molecule has 0 aliphatic rings. The van der Waals surface area contributed by atoms with E-state index >= 15 is 0 Å². The first-order valence-corrected chi connectivity index (χ1v) is 8.51. The van der Waals surface area contributed by atoms with Gasteiger partial charge in [-0.25, -0.2) is 19.7 Å². The maximum absolute atomic E-state index is 11.0. The van der Waals surface area contributed by atoms with Gasteiger partial charge in [0.15, 0.2) is 0 Å². The summed E-state index contributed by atoms with van der Waals surface area (Å²) < 4.78 is 7.21. The van der Waals surface area contributed by atoms with Crippen molar-refractivity contribution in [3.05, 3.63) is 66.1 Å². The Morgan fingerprint density at radius 1 is 1.14 bits per heavy atom. The van der Waals surface area contributed by atoms with Crippen LogP contribution in [0.1, 0.15) is 16.1 Å². The first kappa shape index (κ1) is 17.5. The smallest absolute Gasteiger partial charge is 0.335 e. The molecule has 28 heavy (non-hydrogen) atoms. The SMILES string of the molecule is COc1ccn2c(-c3ccnc(Nc4ccc(C(=O)O)cc4)n3)c(C)nc2c1. The number of hydrogen-bond acceptors (Lipinski definition) is 6. The molecule has 0 spiro atoms. The van der Waals surface area contributed by atoms with E-state index in [2.05, 4.69) is 20.3 Å². The van der Waals surface area contributed by atoms with Crippen LogP contribution in [0.4, 0.5) is 11.6 Å². The first-order chi connectivity index (χ1) is 13.5. The molecule has 0 aliphatic heterocycles. The fraction of sp³-hybridized carbons (Fsp3) is 0.100. The molecule has 0 bridgehead atoms. The van der Waals surface area contributed by atoms with Crippen LogP contribution in [-0.2, 0) is 0 Å². The van der Waals surface area contributed by atoms with Crippen molar-refractivity contribution in [2.24, 2.45) is 0 Å². The minimum atomic E-state index is -0.968. The molecule has 4 aromatic rings. The van der Waals surface area contributed by atoms with E-state index in [0.29, 0.717) is 11.6 Å². The third kappa shape index (κ3) is 3.23. The van der Waals surface area contributed by atoms with Crippen molar-refractivity contribution >= 4 is 23.3 Å². The van der Waals surface area contributed by atoms with Crippen LogP contribution in [0.5, 0.6) is 5.75 Å². The zero-order valence-electron chi connectivity index (χ0n) is 15.2. The van der Waals surface area contributed by atoms with E-state index in [1.54, 1.807) is 25.4 Å². The van der Waals surface area contributed by atoms with E-state index in [1.807, 2.05) is 35.7 Å². The normalized spacial score (nSPS) is 10.8. The second-order valence-corrected chi connectivity index (χ2v) is 6.11. The quantitative estimate of drug-likeness (QED) is 0.550. The second kappa shape index (κ2) is 6.99. The van der Waals surface area contributed by atoms with E-state index in [0.717, 1.165) is 28.5 Å². The number of carboxylic acids is 1. The summed E-state index contributed by atoms with van der Waals surface area (Å²) in [6.45, 7) is 1.93. The number of hydrogen-bond donors (Lipinski definition) is 2. The number of benzene rings is 1. The number of nitrogens with zero attached hydrogens (tertiary/aromatic N) is 4. The van der Waals surface area contributed by atoms with Crippen LogP contribution in [0.25, 0.3) is 17.0 Å². The molecule has 0 saturated heterocycles. The minimum Gasteiger partial charge on any atom is -0.497 e. The van der Waals surface area contributed by atoms with E-state index in [1.165, 1.54) is 12.1 Å². The van der Waals surface area contributed by atoms with Gasteiger partial charge in [0.1, 0.15) is 11.4 Å². The number of anilines is 2. The number of carboxylic acid groups (broad SMARTS) is 1. The average molecular weight is 375 g/mol. The fourth-order valence-corrected chi connectivity index (χ4v) is 2.96. The summed E-state index contributed by atoms with van der Waals surface area (Å²) in [6.07, 6.45) is 3.56. The second-order valence-electron chi connectivity index (χ2n) is 6.11. The number of rotatable bonds is 5. The van der Waals surface area contributed by atoms with Gasteiger partial charge >= 0.3 is 5.97 Å². The van der Waals surface area contributed by atoms with E-state index in [9.17, 15) is 4.79 Å². The predicted molar refractivity (Wildman–Crippen MR) is 104 cm³/mol. The molecule has 4 rings (SSSR count). The lowest BCUT2D eigenvalue weighted by Gasteiger charge is -2.08. The molecule has 0 saturated carbocycles. The van der Waals surface area contributed by atoms with Crippen LogP contribution in [0.3, 0.4) is 0 Å². The monoisotopic (exact) mass is 375 g/mol. The zero-order valence-corrected chi connectivity index (χ0v) is 15.2. The molecule has 0 aliphatic carbocycles. The molecule has 0 radical (unpaired) electrons. The maximum Gasteiger partial charge on any atom is 0.335 e. The number of fused-ring (bicyclic) bond motifs is 1. The average Bonchev–Trinajstić information content (AvgIpc) is 3.03. The molecule has 0 amide bonds. The summed E-state index contributed by atoms with van der Waals surface area (Å²) >= 11 is 0. The van der Waals surface area contributed by atoms with Crippen LogP contribution >= 0.6 is 0 Å². The van der Waals surface area contributed by atoms with Crippen LogP contribution in [-0.4, -0.2) is 37.5 Å². The number of ether oxygens (including phenoxy) is 1. The molecule has 3 aromatic heterocycles.